The molecule has 0 radical (unpaired) electrons. The first-order chi connectivity index (χ1) is 10.8. The number of aromatic nitrogens is 3. The van der Waals surface area contributed by atoms with Crippen molar-refractivity contribution in [3.63, 3.8) is 0 Å². The van der Waals surface area contributed by atoms with Gasteiger partial charge in [0.15, 0.2) is 0 Å². The van der Waals surface area contributed by atoms with Gasteiger partial charge in [0.05, 0.1) is 5.56 Å². The van der Waals surface area contributed by atoms with Crippen LogP contribution < -0.4 is 10.2 Å². The van der Waals surface area contributed by atoms with Crippen LogP contribution in [0.25, 0.3) is 0 Å². The molecular weight excluding hydrogens is 278 g/mol. The zero-order valence-electron chi connectivity index (χ0n) is 12.4. The fourth-order valence-corrected chi connectivity index (χ4v) is 2.63. The molecule has 3 rings (SSSR count). The number of nitrogens with zero attached hydrogens (tertiary/aromatic N) is 4. The Morgan fingerprint density at radius 2 is 1.95 bits per heavy atom. The molecule has 6 heteroatoms. The third kappa shape index (κ3) is 3.58. The Bertz CT molecular complexity index is 596. The largest absolute Gasteiger partial charge is 0.352 e. The van der Waals surface area contributed by atoms with Gasteiger partial charge in [0.1, 0.15) is 0 Å². The first-order valence-electron chi connectivity index (χ1n) is 7.53. The SMILES string of the molecule is O=C(NCC1CCN(c2ncccn2)CC1)c1cccnc1. The molecule has 0 aromatic carbocycles. The van der Waals surface area contributed by atoms with Gasteiger partial charge in [0, 0.05) is 44.4 Å². The van der Waals surface area contributed by atoms with Crippen LogP contribution in [0.2, 0.25) is 0 Å². The highest BCUT2D eigenvalue weighted by Crippen LogP contribution is 2.19. The molecule has 0 aliphatic carbocycles. The molecule has 1 aliphatic rings. The molecule has 0 bridgehead atoms. The van der Waals surface area contributed by atoms with E-state index in [-0.39, 0.29) is 5.91 Å². The van der Waals surface area contributed by atoms with Crippen LogP contribution in [0.1, 0.15) is 23.2 Å². The summed E-state index contributed by atoms with van der Waals surface area (Å²) in [5.74, 6) is 1.24. The average molecular weight is 297 g/mol. The molecule has 0 saturated carbocycles. The van der Waals surface area contributed by atoms with Crippen LogP contribution in [0, 0.1) is 5.92 Å². The highest BCUT2D eigenvalue weighted by molar-refractivity contribution is 5.93. The Labute approximate surface area is 129 Å². The molecule has 1 fully saturated rings. The number of anilines is 1. The van der Waals surface area contributed by atoms with Crippen molar-refractivity contribution in [2.45, 2.75) is 12.8 Å². The zero-order valence-corrected chi connectivity index (χ0v) is 12.4. The molecule has 0 atom stereocenters. The number of carbonyl (C=O) groups is 1. The van der Waals surface area contributed by atoms with Gasteiger partial charge < -0.3 is 10.2 Å². The molecule has 1 amide bonds. The first kappa shape index (κ1) is 14.4. The summed E-state index contributed by atoms with van der Waals surface area (Å²) in [6.45, 7) is 2.56. The number of piperidine rings is 1. The highest BCUT2D eigenvalue weighted by Gasteiger charge is 2.21. The topological polar surface area (TPSA) is 71.0 Å². The molecule has 22 heavy (non-hydrogen) atoms. The molecule has 3 heterocycles. The number of hydrogen-bond acceptors (Lipinski definition) is 5. The van der Waals surface area contributed by atoms with Gasteiger partial charge in [0.25, 0.3) is 5.91 Å². The van der Waals surface area contributed by atoms with E-state index in [0.717, 1.165) is 31.9 Å². The van der Waals surface area contributed by atoms with Crippen molar-refractivity contribution in [2.24, 2.45) is 5.92 Å². The Morgan fingerprint density at radius 1 is 1.18 bits per heavy atom. The fraction of sp³-hybridized carbons (Fsp3) is 0.375. The number of nitrogens with one attached hydrogen (secondary N) is 1. The minimum absolute atomic E-state index is 0.0538. The lowest BCUT2D eigenvalue weighted by Gasteiger charge is -2.31. The second kappa shape index (κ2) is 6.98. The van der Waals surface area contributed by atoms with E-state index in [4.69, 9.17) is 0 Å². The Hall–Kier alpha value is -2.50. The van der Waals surface area contributed by atoms with E-state index < -0.39 is 0 Å². The predicted molar refractivity (Wildman–Crippen MR) is 83.5 cm³/mol. The molecule has 1 saturated heterocycles. The van der Waals surface area contributed by atoms with E-state index in [0.29, 0.717) is 18.0 Å². The maximum Gasteiger partial charge on any atom is 0.252 e. The van der Waals surface area contributed by atoms with E-state index >= 15 is 0 Å². The summed E-state index contributed by atoms with van der Waals surface area (Å²) in [6, 6.07) is 5.37. The number of pyridine rings is 1. The molecule has 114 valence electrons. The van der Waals surface area contributed by atoms with Gasteiger partial charge in [-0.15, -0.1) is 0 Å². The van der Waals surface area contributed by atoms with Crippen molar-refractivity contribution >= 4 is 11.9 Å². The number of rotatable bonds is 4. The quantitative estimate of drug-likeness (QED) is 0.926. The van der Waals surface area contributed by atoms with Crippen LogP contribution in [-0.4, -0.2) is 40.5 Å². The van der Waals surface area contributed by atoms with Crippen molar-refractivity contribution in [3.05, 3.63) is 48.5 Å². The van der Waals surface area contributed by atoms with E-state index in [1.165, 1.54) is 0 Å². The fourth-order valence-electron chi connectivity index (χ4n) is 2.63. The second-order valence-electron chi connectivity index (χ2n) is 5.43. The third-order valence-corrected chi connectivity index (χ3v) is 3.92. The Kier molecular flexibility index (Phi) is 4.58. The van der Waals surface area contributed by atoms with Crippen LogP contribution in [0.4, 0.5) is 5.95 Å². The normalized spacial score (nSPS) is 15.5. The van der Waals surface area contributed by atoms with Crippen molar-refractivity contribution < 1.29 is 4.79 Å². The summed E-state index contributed by atoms with van der Waals surface area (Å²) in [7, 11) is 0. The summed E-state index contributed by atoms with van der Waals surface area (Å²) in [5.41, 5.74) is 0.609. The predicted octanol–water partition coefficient (Wildman–Crippen LogP) is 1.52. The Balaban J connectivity index is 1.45. The minimum Gasteiger partial charge on any atom is -0.352 e. The molecular formula is C16H19N5O. The van der Waals surface area contributed by atoms with Crippen molar-refractivity contribution in [2.75, 3.05) is 24.5 Å². The smallest absolute Gasteiger partial charge is 0.252 e. The molecule has 2 aromatic rings. The van der Waals surface area contributed by atoms with Gasteiger partial charge in [-0.05, 0) is 37.0 Å². The minimum atomic E-state index is -0.0538. The number of carbonyl (C=O) groups excluding carboxylic acids is 1. The molecule has 0 unspecified atom stereocenters. The monoisotopic (exact) mass is 297 g/mol. The summed E-state index contributed by atoms with van der Waals surface area (Å²) < 4.78 is 0. The zero-order chi connectivity index (χ0) is 15.2. The molecule has 0 spiro atoms. The van der Waals surface area contributed by atoms with Crippen LogP contribution >= 0.6 is 0 Å². The van der Waals surface area contributed by atoms with E-state index in [1.54, 1.807) is 36.9 Å². The van der Waals surface area contributed by atoms with Crippen molar-refractivity contribution in [1.82, 2.24) is 20.3 Å². The van der Waals surface area contributed by atoms with Crippen molar-refractivity contribution in [1.29, 1.82) is 0 Å². The van der Waals surface area contributed by atoms with Gasteiger partial charge in [0.2, 0.25) is 5.95 Å². The van der Waals surface area contributed by atoms with Gasteiger partial charge in [-0.2, -0.15) is 0 Å². The number of amides is 1. The van der Waals surface area contributed by atoms with E-state index in [9.17, 15) is 4.79 Å². The molecule has 2 aromatic heterocycles. The number of hydrogen-bond donors (Lipinski definition) is 1. The maximum atomic E-state index is 12.0. The van der Waals surface area contributed by atoms with Crippen LogP contribution in [0.5, 0.6) is 0 Å². The molecule has 1 N–H and O–H groups in total. The standard InChI is InChI=1S/C16H19N5O/c22-15(14-3-1-6-17-12-14)20-11-13-4-9-21(10-5-13)16-18-7-2-8-19-16/h1-3,6-8,12-13H,4-5,9-11H2,(H,20,22). The summed E-state index contributed by atoms with van der Waals surface area (Å²) in [6.07, 6.45) is 8.85. The van der Waals surface area contributed by atoms with E-state index in [2.05, 4.69) is 25.2 Å². The lowest BCUT2D eigenvalue weighted by molar-refractivity contribution is 0.0944. The van der Waals surface area contributed by atoms with Crippen LogP contribution in [0.15, 0.2) is 43.0 Å². The van der Waals surface area contributed by atoms with Crippen LogP contribution in [0.3, 0.4) is 0 Å². The van der Waals surface area contributed by atoms with Crippen molar-refractivity contribution in [3.8, 4) is 0 Å². The second-order valence-corrected chi connectivity index (χ2v) is 5.43. The molecule has 1 aliphatic heterocycles. The van der Waals surface area contributed by atoms with E-state index in [1.807, 2.05) is 6.07 Å². The summed E-state index contributed by atoms with van der Waals surface area (Å²) >= 11 is 0. The van der Waals surface area contributed by atoms with Gasteiger partial charge in [-0.1, -0.05) is 0 Å². The van der Waals surface area contributed by atoms with Gasteiger partial charge >= 0.3 is 0 Å². The van der Waals surface area contributed by atoms with Gasteiger partial charge in [-0.25, -0.2) is 9.97 Å². The summed E-state index contributed by atoms with van der Waals surface area (Å²) in [5, 5.41) is 2.99. The lowest BCUT2D eigenvalue weighted by atomic mass is 9.97. The average Bonchev–Trinajstić information content (AvgIpc) is 2.61. The van der Waals surface area contributed by atoms with Gasteiger partial charge in [-0.3, -0.25) is 9.78 Å². The highest BCUT2D eigenvalue weighted by atomic mass is 16.1. The third-order valence-electron chi connectivity index (χ3n) is 3.92. The Morgan fingerprint density at radius 3 is 2.64 bits per heavy atom. The lowest BCUT2D eigenvalue weighted by Crippen LogP contribution is -2.39. The first-order valence-corrected chi connectivity index (χ1v) is 7.53. The van der Waals surface area contributed by atoms with Crippen LogP contribution in [-0.2, 0) is 0 Å². The maximum absolute atomic E-state index is 12.0. The summed E-state index contributed by atoms with van der Waals surface area (Å²) in [4.78, 5) is 26.7. The molecule has 6 nitrogen and oxygen atoms in total.